The number of aromatic nitrogens is 2. The maximum absolute atomic E-state index is 12.4. The van der Waals surface area contributed by atoms with Gasteiger partial charge in [0.1, 0.15) is 0 Å². The third-order valence-electron chi connectivity index (χ3n) is 5.94. The van der Waals surface area contributed by atoms with Crippen LogP contribution in [0, 0.1) is 17.8 Å². The van der Waals surface area contributed by atoms with Crippen molar-refractivity contribution in [3.05, 3.63) is 40.7 Å². The van der Waals surface area contributed by atoms with E-state index in [0.717, 1.165) is 18.4 Å². The van der Waals surface area contributed by atoms with Crippen molar-refractivity contribution in [1.29, 1.82) is 0 Å². The van der Waals surface area contributed by atoms with E-state index in [0.29, 0.717) is 30.2 Å². The van der Waals surface area contributed by atoms with E-state index in [2.05, 4.69) is 10.4 Å². The Kier molecular flexibility index (Phi) is 4.29. The Balaban J connectivity index is 1.43. The molecule has 1 heterocycles. The Morgan fingerprint density at radius 3 is 2.92 bits per heavy atom. The van der Waals surface area contributed by atoms with Crippen molar-refractivity contribution in [2.24, 2.45) is 17.8 Å². The molecule has 1 amide bonds. The fourth-order valence-corrected chi connectivity index (χ4v) is 4.70. The molecule has 0 aliphatic heterocycles. The summed E-state index contributed by atoms with van der Waals surface area (Å²) in [6.07, 6.45) is 5.07. The highest BCUT2D eigenvalue weighted by molar-refractivity contribution is 5.79. The second-order valence-electron chi connectivity index (χ2n) is 7.27. The molecule has 0 radical (unpaired) electrons. The number of aliphatic hydroxyl groups is 1. The second-order valence-corrected chi connectivity index (χ2v) is 7.27. The molecule has 4 atom stereocenters. The minimum atomic E-state index is -0.107. The van der Waals surface area contributed by atoms with Gasteiger partial charge in [-0.1, -0.05) is 12.1 Å². The van der Waals surface area contributed by atoms with Crippen LogP contribution in [0.4, 0.5) is 0 Å². The van der Waals surface area contributed by atoms with Gasteiger partial charge in [-0.25, -0.2) is 0 Å². The summed E-state index contributed by atoms with van der Waals surface area (Å²) >= 11 is 0. The number of benzene rings is 1. The molecule has 2 aromatic rings. The van der Waals surface area contributed by atoms with Crippen LogP contribution in [0.15, 0.2) is 35.3 Å². The number of nitrogens with one attached hydrogen (secondary N) is 1. The summed E-state index contributed by atoms with van der Waals surface area (Å²) in [5.74, 6) is 1.26. The highest BCUT2D eigenvalue weighted by Crippen LogP contribution is 2.48. The minimum absolute atomic E-state index is 0.0134. The van der Waals surface area contributed by atoms with E-state index in [1.807, 2.05) is 18.2 Å². The lowest BCUT2D eigenvalue weighted by Crippen LogP contribution is -2.45. The lowest BCUT2D eigenvalue weighted by Gasteiger charge is -2.30. The third-order valence-corrected chi connectivity index (χ3v) is 5.94. The lowest BCUT2D eigenvalue weighted by atomic mass is 9.85. The molecule has 25 heavy (non-hydrogen) atoms. The fourth-order valence-electron chi connectivity index (χ4n) is 4.70. The molecule has 1 aromatic carbocycles. The number of carbonyl (C=O) groups excluding carboxylic acids is 1. The summed E-state index contributed by atoms with van der Waals surface area (Å²) in [5, 5.41) is 17.5. The van der Waals surface area contributed by atoms with Crippen LogP contribution >= 0.6 is 0 Å². The Hall–Kier alpha value is -2.21. The first kappa shape index (κ1) is 16.3. The van der Waals surface area contributed by atoms with Gasteiger partial charge < -0.3 is 10.4 Å². The smallest absolute Gasteiger partial charge is 0.222 e. The molecule has 2 N–H and O–H groups in total. The van der Waals surface area contributed by atoms with Gasteiger partial charge in [0.15, 0.2) is 0 Å². The van der Waals surface area contributed by atoms with Crippen LogP contribution in [-0.2, 0) is 11.3 Å². The first-order valence-electron chi connectivity index (χ1n) is 9.02. The predicted molar refractivity (Wildman–Crippen MR) is 94.0 cm³/mol. The Morgan fingerprint density at radius 1 is 1.28 bits per heavy atom. The fraction of sp³-hybridized carbons (Fsp3) is 0.526. The molecule has 4 rings (SSSR count). The van der Waals surface area contributed by atoms with E-state index in [1.54, 1.807) is 10.7 Å². The summed E-state index contributed by atoms with van der Waals surface area (Å²) in [6.45, 7) is 0.579. The van der Waals surface area contributed by atoms with Crippen molar-refractivity contribution in [3.63, 3.8) is 0 Å². The predicted octanol–water partition coefficient (Wildman–Crippen LogP) is 1.31. The maximum Gasteiger partial charge on any atom is 0.222 e. The number of carbonyl (C=O) groups is 1. The highest BCUT2D eigenvalue weighted by Gasteiger charge is 2.47. The van der Waals surface area contributed by atoms with Gasteiger partial charge in [0.05, 0.1) is 18.3 Å². The van der Waals surface area contributed by atoms with Crippen molar-refractivity contribution < 1.29 is 9.90 Å². The van der Waals surface area contributed by atoms with Gasteiger partial charge in [0.25, 0.3) is 0 Å². The summed E-state index contributed by atoms with van der Waals surface area (Å²) in [5.41, 5.74) is 0.639. The van der Waals surface area contributed by atoms with Crippen LogP contribution in [0.2, 0.25) is 0 Å². The number of aryl methyl sites for hydroxylation is 1. The molecule has 6 nitrogen and oxygen atoms in total. The van der Waals surface area contributed by atoms with Crippen molar-refractivity contribution >= 4 is 16.8 Å². The number of aliphatic hydroxyl groups excluding tert-OH is 1. The van der Waals surface area contributed by atoms with Gasteiger partial charge in [0, 0.05) is 30.4 Å². The van der Waals surface area contributed by atoms with Gasteiger partial charge in [-0.15, -0.1) is 0 Å². The average molecular weight is 341 g/mol. The molecule has 2 aliphatic carbocycles. The van der Waals surface area contributed by atoms with E-state index in [9.17, 15) is 14.7 Å². The molecule has 1 aromatic heterocycles. The van der Waals surface area contributed by atoms with Gasteiger partial charge in [-0.05, 0) is 43.2 Å². The molecule has 2 aliphatic rings. The van der Waals surface area contributed by atoms with Crippen LogP contribution < -0.4 is 10.7 Å². The van der Waals surface area contributed by atoms with Crippen molar-refractivity contribution in [2.75, 3.05) is 6.61 Å². The lowest BCUT2D eigenvalue weighted by molar-refractivity contribution is -0.122. The standard InChI is InChI=1S/C19H23N3O3/c23-11-15-12-5-6-13(9-12)19(15)21-18(25)7-8-22-16-4-2-1-3-14(16)17(24)10-20-22/h1-4,10,12-13,15,19,23H,5-9,11H2,(H,21,25). The van der Waals surface area contributed by atoms with Gasteiger partial charge >= 0.3 is 0 Å². The maximum atomic E-state index is 12.4. The molecule has 2 saturated carbocycles. The number of hydrogen-bond donors (Lipinski definition) is 2. The molecule has 132 valence electrons. The molecule has 4 unspecified atom stereocenters. The average Bonchev–Trinajstić information content (AvgIpc) is 3.23. The molecular formula is C19H23N3O3. The van der Waals surface area contributed by atoms with Crippen LogP contribution in [0.3, 0.4) is 0 Å². The summed E-state index contributed by atoms with van der Waals surface area (Å²) in [4.78, 5) is 24.3. The van der Waals surface area contributed by atoms with E-state index in [-0.39, 0.29) is 29.9 Å². The number of hydrogen-bond acceptors (Lipinski definition) is 4. The van der Waals surface area contributed by atoms with E-state index in [1.165, 1.54) is 12.6 Å². The first-order chi connectivity index (χ1) is 12.2. The van der Waals surface area contributed by atoms with Crippen molar-refractivity contribution in [2.45, 2.75) is 38.3 Å². The Morgan fingerprint density at radius 2 is 2.08 bits per heavy atom. The van der Waals surface area contributed by atoms with E-state index in [4.69, 9.17) is 0 Å². The van der Waals surface area contributed by atoms with Crippen LogP contribution in [-0.4, -0.2) is 33.4 Å². The molecule has 2 bridgehead atoms. The summed E-state index contributed by atoms with van der Waals surface area (Å²) in [6, 6.07) is 7.41. The van der Waals surface area contributed by atoms with Gasteiger partial charge in [-0.3, -0.25) is 14.3 Å². The molecule has 0 saturated heterocycles. The number of fused-ring (bicyclic) bond motifs is 3. The molecule has 6 heteroatoms. The molecular weight excluding hydrogens is 318 g/mol. The normalized spacial score (nSPS) is 27.7. The Bertz CT molecular complexity index is 847. The SMILES string of the molecule is O=C(CCn1ncc(=O)c2ccccc21)NC1C2CCC(C2)C1CO. The van der Waals surface area contributed by atoms with Gasteiger partial charge in [0.2, 0.25) is 11.3 Å². The second kappa shape index (κ2) is 6.59. The largest absolute Gasteiger partial charge is 0.396 e. The number of para-hydroxylation sites is 1. The van der Waals surface area contributed by atoms with Crippen molar-refractivity contribution in [1.82, 2.24) is 15.1 Å². The molecule has 2 fully saturated rings. The first-order valence-corrected chi connectivity index (χ1v) is 9.02. The zero-order valence-electron chi connectivity index (χ0n) is 14.1. The zero-order valence-corrected chi connectivity index (χ0v) is 14.1. The van der Waals surface area contributed by atoms with Crippen molar-refractivity contribution in [3.8, 4) is 0 Å². The number of amides is 1. The zero-order chi connectivity index (χ0) is 17.4. The highest BCUT2D eigenvalue weighted by atomic mass is 16.3. The monoisotopic (exact) mass is 341 g/mol. The molecule has 0 spiro atoms. The van der Waals surface area contributed by atoms with Gasteiger partial charge in [-0.2, -0.15) is 5.10 Å². The van der Waals surface area contributed by atoms with Crippen LogP contribution in [0.25, 0.3) is 10.9 Å². The quantitative estimate of drug-likeness (QED) is 0.859. The third kappa shape index (κ3) is 2.95. The number of nitrogens with zero attached hydrogens (tertiary/aromatic N) is 2. The van der Waals surface area contributed by atoms with E-state index < -0.39 is 0 Å². The Labute approximate surface area is 145 Å². The minimum Gasteiger partial charge on any atom is -0.396 e. The van der Waals surface area contributed by atoms with Crippen LogP contribution in [0.1, 0.15) is 25.7 Å². The summed E-state index contributed by atoms with van der Waals surface area (Å²) in [7, 11) is 0. The topological polar surface area (TPSA) is 84.2 Å². The summed E-state index contributed by atoms with van der Waals surface area (Å²) < 4.78 is 1.71. The van der Waals surface area contributed by atoms with Crippen LogP contribution in [0.5, 0.6) is 0 Å². The number of rotatable bonds is 5. The van der Waals surface area contributed by atoms with E-state index >= 15 is 0 Å².